The summed E-state index contributed by atoms with van der Waals surface area (Å²) in [6, 6.07) is 4.42. The summed E-state index contributed by atoms with van der Waals surface area (Å²) in [6.45, 7) is 4.83. The van der Waals surface area contributed by atoms with E-state index in [4.69, 9.17) is 0 Å². The average Bonchev–Trinajstić information content (AvgIpc) is 3.27. The Hall–Kier alpha value is -2.58. The fraction of sp³-hybridized carbons (Fsp3) is 0.524. The molecule has 3 saturated heterocycles. The van der Waals surface area contributed by atoms with Crippen molar-refractivity contribution in [2.45, 2.75) is 31.8 Å². The van der Waals surface area contributed by atoms with Crippen LogP contribution in [0.25, 0.3) is 0 Å². The Kier molecular flexibility index (Phi) is 4.48. The first-order valence-electron chi connectivity index (χ1n) is 10.3. The Bertz CT molecular complexity index is 902. The highest BCUT2D eigenvalue weighted by Crippen LogP contribution is 2.33. The highest BCUT2D eigenvalue weighted by Gasteiger charge is 2.46. The molecule has 4 aliphatic heterocycles. The predicted molar refractivity (Wildman–Crippen MR) is 103 cm³/mol. The van der Waals surface area contributed by atoms with Crippen LogP contribution in [0, 0.1) is 11.8 Å². The predicted octanol–water partition coefficient (Wildman–Crippen LogP) is 0.129. The zero-order valence-electron chi connectivity index (χ0n) is 16.1. The lowest BCUT2D eigenvalue weighted by Gasteiger charge is -2.42. The van der Waals surface area contributed by atoms with Crippen LogP contribution in [0.5, 0.6) is 0 Å². The second-order valence-corrected chi connectivity index (χ2v) is 8.49. The summed E-state index contributed by atoms with van der Waals surface area (Å²) in [7, 11) is 0. The molecule has 1 aromatic rings. The van der Waals surface area contributed by atoms with Crippen LogP contribution in [-0.4, -0.2) is 65.6 Å². The summed E-state index contributed by atoms with van der Waals surface area (Å²) in [5.41, 5.74) is 1.60. The second kappa shape index (κ2) is 7.03. The molecule has 4 heterocycles. The number of rotatable bonds is 4. The number of hydrogen-bond donors (Lipinski definition) is 2. The van der Waals surface area contributed by atoms with Gasteiger partial charge in [-0.25, -0.2) is 0 Å². The van der Waals surface area contributed by atoms with Crippen LogP contribution in [0.4, 0.5) is 0 Å². The van der Waals surface area contributed by atoms with Gasteiger partial charge >= 0.3 is 0 Å². The van der Waals surface area contributed by atoms with Crippen LogP contribution in [0.2, 0.25) is 0 Å². The molecule has 3 fully saturated rings. The maximum atomic E-state index is 13.1. The summed E-state index contributed by atoms with van der Waals surface area (Å²) in [6.07, 6.45) is 1.53. The summed E-state index contributed by atoms with van der Waals surface area (Å²) in [4.78, 5) is 53.0. The molecule has 2 N–H and O–H groups in total. The van der Waals surface area contributed by atoms with Crippen LogP contribution in [0.15, 0.2) is 18.2 Å². The first-order chi connectivity index (χ1) is 14.0. The monoisotopic (exact) mass is 396 g/mol. The van der Waals surface area contributed by atoms with Crippen LogP contribution < -0.4 is 10.6 Å². The third kappa shape index (κ3) is 3.07. The minimum absolute atomic E-state index is 0.127. The molecule has 29 heavy (non-hydrogen) atoms. The summed E-state index contributed by atoms with van der Waals surface area (Å²) in [5.74, 6) is -0.383. The van der Waals surface area contributed by atoms with Crippen molar-refractivity contribution in [2.24, 2.45) is 11.8 Å². The van der Waals surface area contributed by atoms with Gasteiger partial charge in [0, 0.05) is 26.1 Å². The third-order valence-corrected chi connectivity index (χ3v) is 6.70. The number of carbonyl (C=O) groups is 4. The number of likely N-dealkylation sites (tertiary alicyclic amines) is 1. The number of fused-ring (bicyclic) bond motifs is 1. The van der Waals surface area contributed by atoms with Gasteiger partial charge in [-0.05, 0) is 49.4 Å². The molecule has 0 radical (unpaired) electrons. The molecule has 0 bridgehead atoms. The second-order valence-electron chi connectivity index (χ2n) is 8.49. The summed E-state index contributed by atoms with van der Waals surface area (Å²) >= 11 is 0. The molecule has 0 spiro atoms. The molecular formula is C21H24N4O4. The fourth-order valence-electron chi connectivity index (χ4n) is 5.07. The zero-order valence-corrected chi connectivity index (χ0v) is 16.1. The van der Waals surface area contributed by atoms with Gasteiger partial charge in [0.25, 0.3) is 11.8 Å². The first-order valence-corrected chi connectivity index (χ1v) is 10.3. The van der Waals surface area contributed by atoms with Crippen molar-refractivity contribution in [1.82, 2.24) is 20.4 Å². The first kappa shape index (κ1) is 18.4. The maximum absolute atomic E-state index is 13.1. The lowest BCUT2D eigenvalue weighted by Crippen LogP contribution is -2.54. The molecule has 0 saturated carbocycles. The molecule has 8 heteroatoms. The minimum Gasteiger partial charge on any atom is -0.316 e. The lowest BCUT2D eigenvalue weighted by atomic mass is 9.84. The van der Waals surface area contributed by atoms with Crippen molar-refractivity contribution in [3.8, 4) is 0 Å². The van der Waals surface area contributed by atoms with E-state index >= 15 is 0 Å². The number of nitrogens with one attached hydrogen (secondary N) is 2. The molecule has 0 aromatic heterocycles. The number of piperidine rings is 1. The zero-order chi connectivity index (χ0) is 20.1. The minimum atomic E-state index is -0.920. The highest BCUT2D eigenvalue weighted by atomic mass is 16.2. The van der Waals surface area contributed by atoms with Gasteiger partial charge in [-0.3, -0.25) is 34.3 Å². The quantitative estimate of drug-likeness (QED) is 0.702. The molecule has 2 unspecified atom stereocenters. The molecular weight excluding hydrogens is 372 g/mol. The maximum Gasteiger partial charge on any atom is 0.262 e. The van der Waals surface area contributed by atoms with Crippen LogP contribution in [0.1, 0.15) is 45.5 Å². The fourth-order valence-corrected chi connectivity index (χ4v) is 5.07. The van der Waals surface area contributed by atoms with E-state index < -0.39 is 23.8 Å². The summed E-state index contributed by atoms with van der Waals surface area (Å²) in [5, 5.41) is 5.65. The van der Waals surface area contributed by atoms with E-state index in [9.17, 15) is 19.2 Å². The van der Waals surface area contributed by atoms with E-state index in [1.165, 1.54) is 6.42 Å². The van der Waals surface area contributed by atoms with Gasteiger partial charge in [-0.2, -0.15) is 0 Å². The molecule has 152 valence electrons. The Morgan fingerprint density at radius 1 is 1.00 bits per heavy atom. The standard InChI is InChI=1S/C21H24N4O4/c26-17-5-4-16(19(27)23-17)25-20(28)15-3-1-2-13(18(15)21(25)29)9-24-10-14(11-24)12-6-7-22-8-12/h1-3,12,14,16,22H,4-11H2,(H,23,26,27). The van der Waals surface area contributed by atoms with E-state index in [1.807, 2.05) is 6.07 Å². The van der Waals surface area contributed by atoms with Crippen molar-refractivity contribution in [3.63, 3.8) is 0 Å². The molecule has 1 aromatic carbocycles. The highest BCUT2D eigenvalue weighted by molar-refractivity contribution is 6.24. The Labute approximate surface area is 168 Å². The number of nitrogens with zero attached hydrogens (tertiary/aromatic N) is 2. The Morgan fingerprint density at radius 3 is 2.55 bits per heavy atom. The van der Waals surface area contributed by atoms with Gasteiger partial charge in [0.2, 0.25) is 11.8 Å². The number of imide groups is 2. The van der Waals surface area contributed by atoms with Crippen LogP contribution in [0.3, 0.4) is 0 Å². The smallest absolute Gasteiger partial charge is 0.262 e. The largest absolute Gasteiger partial charge is 0.316 e. The van der Waals surface area contributed by atoms with Crippen molar-refractivity contribution in [1.29, 1.82) is 0 Å². The van der Waals surface area contributed by atoms with Gasteiger partial charge in [-0.1, -0.05) is 12.1 Å². The number of amides is 4. The van der Waals surface area contributed by atoms with Gasteiger partial charge in [0.05, 0.1) is 11.1 Å². The van der Waals surface area contributed by atoms with Gasteiger partial charge in [0.1, 0.15) is 6.04 Å². The van der Waals surface area contributed by atoms with Crippen molar-refractivity contribution in [2.75, 3.05) is 26.2 Å². The molecule has 5 rings (SSSR count). The SMILES string of the molecule is O=C1CCC(N2C(=O)c3cccc(CN4CC(C5CCNC5)C4)c3C2=O)C(=O)N1. The van der Waals surface area contributed by atoms with E-state index in [2.05, 4.69) is 15.5 Å². The van der Waals surface area contributed by atoms with Crippen LogP contribution >= 0.6 is 0 Å². The van der Waals surface area contributed by atoms with Gasteiger partial charge < -0.3 is 5.32 Å². The van der Waals surface area contributed by atoms with Crippen molar-refractivity contribution in [3.05, 3.63) is 34.9 Å². The molecule has 4 amide bonds. The average molecular weight is 396 g/mol. The Morgan fingerprint density at radius 2 is 1.83 bits per heavy atom. The molecule has 4 aliphatic rings. The third-order valence-electron chi connectivity index (χ3n) is 6.70. The topological polar surface area (TPSA) is 98.8 Å². The van der Waals surface area contributed by atoms with Crippen LogP contribution in [-0.2, 0) is 16.1 Å². The van der Waals surface area contributed by atoms with Crippen molar-refractivity contribution < 1.29 is 19.2 Å². The lowest BCUT2D eigenvalue weighted by molar-refractivity contribution is -0.136. The van der Waals surface area contributed by atoms with E-state index in [-0.39, 0.29) is 18.7 Å². The van der Waals surface area contributed by atoms with E-state index in [1.54, 1.807) is 12.1 Å². The normalized spacial score (nSPS) is 27.9. The number of carbonyl (C=O) groups excluding carboxylic acids is 4. The molecule has 8 nitrogen and oxygen atoms in total. The molecule has 0 aliphatic carbocycles. The number of hydrogen-bond acceptors (Lipinski definition) is 6. The van der Waals surface area contributed by atoms with E-state index in [0.29, 0.717) is 23.6 Å². The molecule has 2 atom stereocenters. The summed E-state index contributed by atoms with van der Waals surface area (Å²) < 4.78 is 0. The number of benzene rings is 1. The van der Waals surface area contributed by atoms with Crippen molar-refractivity contribution >= 4 is 23.6 Å². The van der Waals surface area contributed by atoms with Gasteiger partial charge in [-0.15, -0.1) is 0 Å². The Balaban J connectivity index is 1.33. The van der Waals surface area contributed by atoms with Gasteiger partial charge in [0.15, 0.2) is 0 Å². The van der Waals surface area contributed by atoms with E-state index in [0.717, 1.165) is 42.6 Å².